The molecule has 0 bridgehead atoms. The summed E-state index contributed by atoms with van der Waals surface area (Å²) < 4.78 is 6.77. The number of aromatic nitrogens is 3. The van der Waals surface area contributed by atoms with E-state index in [2.05, 4.69) is 15.4 Å². The van der Waals surface area contributed by atoms with Gasteiger partial charge in [0, 0.05) is 22.2 Å². The first-order valence-electron chi connectivity index (χ1n) is 9.56. The van der Waals surface area contributed by atoms with Gasteiger partial charge in [-0.05, 0) is 50.2 Å². The first-order valence-corrected chi connectivity index (χ1v) is 10.4. The van der Waals surface area contributed by atoms with Gasteiger partial charge in [-0.2, -0.15) is 5.10 Å². The SMILES string of the molecule is COc1ccc(-c2nc(NC(=O)c3nn(-c4ccccc4)c(C)cc3=O)sc2C)cc1. The van der Waals surface area contributed by atoms with E-state index in [1.807, 2.05) is 61.5 Å². The van der Waals surface area contributed by atoms with Crippen LogP contribution in [0.4, 0.5) is 5.13 Å². The number of para-hydroxylation sites is 1. The number of methoxy groups -OCH3 is 1. The zero-order valence-corrected chi connectivity index (χ0v) is 18.1. The van der Waals surface area contributed by atoms with Gasteiger partial charge in [0.15, 0.2) is 10.8 Å². The molecule has 0 unspecified atom stereocenters. The molecule has 1 N–H and O–H groups in total. The Morgan fingerprint density at radius 3 is 2.45 bits per heavy atom. The molecular formula is C23H20N4O3S. The Balaban J connectivity index is 1.62. The van der Waals surface area contributed by atoms with E-state index in [0.717, 1.165) is 27.6 Å². The summed E-state index contributed by atoms with van der Waals surface area (Å²) in [6, 6.07) is 18.3. The number of thiazole rings is 1. The molecule has 0 radical (unpaired) electrons. The number of anilines is 1. The number of carbonyl (C=O) groups excluding carboxylic acids is 1. The molecule has 2 aromatic carbocycles. The summed E-state index contributed by atoms with van der Waals surface area (Å²) in [5.74, 6) is 0.162. The van der Waals surface area contributed by atoms with E-state index < -0.39 is 11.3 Å². The maximum absolute atomic E-state index is 12.8. The number of nitrogens with zero attached hydrogens (tertiary/aromatic N) is 3. The van der Waals surface area contributed by atoms with Crippen molar-refractivity contribution < 1.29 is 9.53 Å². The predicted octanol–water partition coefficient (Wildman–Crippen LogP) is 4.23. The van der Waals surface area contributed by atoms with Gasteiger partial charge < -0.3 is 4.74 Å². The highest BCUT2D eigenvalue weighted by atomic mass is 32.1. The van der Waals surface area contributed by atoms with Crippen LogP contribution in [0.15, 0.2) is 65.5 Å². The van der Waals surface area contributed by atoms with E-state index in [1.54, 1.807) is 18.7 Å². The third kappa shape index (κ3) is 4.24. The fourth-order valence-electron chi connectivity index (χ4n) is 3.16. The van der Waals surface area contributed by atoms with Gasteiger partial charge in [-0.25, -0.2) is 9.67 Å². The number of aryl methyl sites for hydroxylation is 2. The average Bonchev–Trinajstić information content (AvgIpc) is 3.14. The van der Waals surface area contributed by atoms with Crippen molar-refractivity contribution in [2.45, 2.75) is 13.8 Å². The Labute approximate surface area is 183 Å². The normalized spacial score (nSPS) is 10.7. The van der Waals surface area contributed by atoms with Gasteiger partial charge in [-0.3, -0.25) is 14.9 Å². The number of hydrogen-bond acceptors (Lipinski definition) is 6. The standard InChI is InChI=1S/C23H20N4O3S/c1-14-13-19(28)21(26-27(14)17-7-5-4-6-8-17)22(29)25-23-24-20(15(2)31-23)16-9-11-18(30-3)12-10-16/h4-13H,1-3H3,(H,24,25,29). The maximum Gasteiger partial charge on any atom is 0.281 e. The molecule has 0 fully saturated rings. The van der Waals surface area contributed by atoms with Gasteiger partial charge in [-0.15, -0.1) is 11.3 Å². The van der Waals surface area contributed by atoms with Gasteiger partial charge in [0.25, 0.3) is 5.91 Å². The minimum Gasteiger partial charge on any atom is -0.497 e. The molecule has 2 aromatic heterocycles. The topological polar surface area (TPSA) is 86.1 Å². The van der Waals surface area contributed by atoms with Crippen LogP contribution in [0.2, 0.25) is 0 Å². The van der Waals surface area contributed by atoms with Crippen LogP contribution in [-0.2, 0) is 0 Å². The van der Waals surface area contributed by atoms with Gasteiger partial charge in [0.1, 0.15) is 5.75 Å². The van der Waals surface area contributed by atoms with Gasteiger partial charge in [0.05, 0.1) is 18.5 Å². The molecule has 0 saturated carbocycles. The maximum atomic E-state index is 12.8. The van der Waals surface area contributed by atoms with Crippen LogP contribution >= 0.6 is 11.3 Å². The van der Waals surface area contributed by atoms with Crippen LogP contribution < -0.4 is 15.5 Å². The predicted molar refractivity (Wildman–Crippen MR) is 121 cm³/mol. The number of nitrogens with one attached hydrogen (secondary N) is 1. The number of carbonyl (C=O) groups is 1. The molecule has 7 nitrogen and oxygen atoms in total. The minimum absolute atomic E-state index is 0.187. The Kier molecular flexibility index (Phi) is 5.64. The molecule has 0 aliphatic heterocycles. The molecule has 156 valence electrons. The highest BCUT2D eigenvalue weighted by Gasteiger charge is 2.18. The molecule has 4 rings (SSSR count). The monoisotopic (exact) mass is 432 g/mol. The number of amides is 1. The molecule has 2 heterocycles. The number of hydrogen-bond donors (Lipinski definition) is 1. The molecule has 4 aromatic rings. The summed E-state index contributed by atoms with van der Waals surface area (Å²) in [4.78, 5) is 30.8. The summed E-state index contributed by atoms with van der Waals surface area (Å²) in [5.41, 5.74) is 2.45. The van der Waals surface area contributed by atoms with Gasteiger partial charge in [-0.1, -0.05) is 18.2 Å². The van der Waals surface area contributed by atoms with Crippen molar-refractivity contribution in [2.24, 2.45) is 0 Å². The van der Waals surface area contributed by atoms with E-state index in [0.29, 0.717) is 10.8 Å². The van der Waals surface area contributed by atoms with Crippen molar-refractivity contribution in [2.75, 3.05) is 12.4 Å². The second kappa shape index (κ2) is 8.53. The highest BCUT2D eigenvalue weighted by Crippen LogP contribution is 2.31. The van der Waals surface area contributed by atoms with E-state index in [9.17, 15) is 9.59 Å². The van der Waals surface area contributed by atoms with Crippen molar-refractivity contribution in [1.82, 2.24) is 14.8 Å². The van der Waals surface area contributed by atoms with Gasteiger partial charge in [0.2, 0.25) is 5.43 Å². The van der Waals surface area contributed by atoms with Crippen LogP contribution in [0.25, 0.3) is 16.9 Å². The third-order valence-electron chi connectivity index (χ3n) is 4.70. The van der Waals surface area contributed by atoms with E-state index in [4.69, 9.17) is 4.74 Å². The first-order chi connectivity index (χ1) is 15.0. The second-order valence-corrected chi connectivity index (χ2v) is 8.06. The van der Waals surface area contributed by atoms with E-state index in [1.165, 1.54) is 17.4 Å². The zero-order chi connectivity index (χ0) is 22.0. The van der Waals surface area contributed by atoms with Crippen LogP contribution in [0.1, 0.15) is 21.1 Å². The summed E-state index contributed by atoms with van der Waals surface area (Å²) in [7, 11) is 1.61. The Morgan fingerprint density at radius 1 is 1.06 bits per heavy atom. The summed E-state index contributed by atoms with van der Waals surface area (Å²) in [5, 5.41) is 7.42. The van der Waals surface area contributed by atoms with E-state index >= 15 is 0 Å². The molecule has 0 aliphatic rings. The van der Waals surface area contributed by atoms with Crippen LogP contribution in [0, 0.1) is 13.8 Å². The molecule has 0 saturated heterocycles. The lowest BCUT2D eigenvalue weighted by atomic mass is 10.1. The third-order valence-corrected chi connectivity index (χ3v) is 5.59. The van der Waals surface area contributed by atoms with Crippen molar-refractivity contribution in [3.8, 4) is 22.7 Å². The number of benzene rings is 2. The highest BCUT2D eigenvalue weighted by molar-refractivity contribution is 7.16. The molecule has 8 heteroatoms. The number of rotatable bonds is 5. The lowest BCUT2D eigenvalue weighted by molar-refractivity contribution is 0.101. The molecular weight excluding hydrogens is 412 g/mol. The van der Waals surface area contributed by atoms with Crippen molar-refractivity contribution in [3.05, 3.63) is 87.2 Å². The fraction of sp³-hybridized carbons (Fsp3) is 0.130. The van der Waals surface area contributed by atoms with Gasteiger partial charge >= 0.3 is 0 Å². The first kappa shape index (κ1) is 20.5. The summed E-state index contributed by atoms with van der Waals surface area (Å²) in [6.45, 7) is 3.70. The fourth-order valence-corrected chi connectivity index (χ4v) is 3.99. The summed E-state index contributed by atoms with van der Waals surface area (Å²) in [6.07, 6.45) is 0. The smallest absolute Gasteiger partial charge is 0.281 e. The average molecular weight is 433 g/mol. The van der Waals surface area contributed by atoms with Crippen molar-refractivity contribution >= 4 is 22.4 Å². The largest absolute Gasteiger partial charge is 0.497 e. The molecule has 1 amide bonds. The second-order valence-electron chi connectivity index (χ2n) is 6.85. The van der Waals surface area contributed by atoms with Crippen LogP contribution in [-0.4, -0.2) is 27.8 Å². The molecule has 31 heavy (non-hydrogen) atoms. The lowest BCUT2D eigenvalue weighted by Crippen LogP contribution is -2.26. The van der Waals surface area contributed by atoms with Crippen LogP contribution in [0.5, 0.6) is 5.75 Å². The Bertz CT molecular complexity index is 1290. The van der Waals surface area contributed by atoms with E-state index in [-0.39, 0.29) is 5.69 Å². The van der Waals surface area contributed by atoms with Crippen molar-refractivity contribution in [1.29, 1.82) is 0 Å². The Morgan fingerprint density at radius 2 is 1.77 bits per heavy atom. The number of ether oxygens (including phenoxy) is 1. The Hall–Kier alpha value is -3.78. The molecule has 0 aliphatic carbocycles. The quantitative estimate of drug-likeness (QED) is 0.510. The minimum atomic E-state index is -0.593. The zero-order valence-electron chi connectivity index (χ0n) is 17.2. The van der Waals surface area contributed by atoms with Crippen molar-refractivity contribution in [3.63, 3.8) is 0 Å². The lowest BCUT2D eigenvalue weighted by Gasteiger charge is -2.10. The molecule has 0 spiro atoms. The van der Waals surface area contributed by atoms with Crippen LogP contribution in [0.3, 0.4) is 0 Å². The summed E-state index contributed by atoms with van der Waals surface area (Å²) >= 11 is 1.34. The molecule has 0 atom stereocenters.